The van der Waals surface area contributed by atoms with E-state index in [-0.39, 0.29) is 11.1 Å². The summed E-state index contributed by atoms with van der Waals surface area (Å²) in [5.74, 6) is -0.991. The molecule has 0 unspecified atom stereocenters. The van der Waals surface area contributed by atoms with Crippen LogP contribution in [-0.4, -0.2) is 11.6 Å². The number of rotatable bonds is 2. The minimum atomic E-state index is -4.51. The van der Waals surface area contributed by atoms with Gasteiger partial charge in [-0.15, -0.1) is 0 Å². The zero-order valence-electron chi connectivity index (χ0n) is 8.68. The summed E-state index contributed by atoms with van der Waals surface area (Å²) in [6.45, 7) is 2.33. The molecule has 0 spiro atoms. The van der Waals surface area contributed by atoms with Gasteiger partial charge in [-0.1, -0.05) is 6.07 Å². The van der Waals surface area contributed by atoms with Crippen molar-refractivity contribution < 1.29 is 22.8 Å². The SMILES string of the molecule is CC(=O)c1ccc(C(F)(F)F)cc1C(C)=O. The van der Waals surface area contributed by atoms with Crippen molar-refractivity contribution in [3.05, 3.63) is 34.9 Å². The monoisotopic (exact) mass is 230 g/mol. The van der Waals surface area contributed by atoms with E-state index in [2.05, 4.69) is 0 Å². The predicted octanol–water partition coefficient (Wildman–Crippen LogP) is 3.11. The predicted molar refractivity (Wildman–Crippen MR) is 51.5 cm³/mol. The molecule has 0 N–H and O–H groups in total. The van der Waals surface area contributed by atoms with Crippen LogP contribution in [0.1, 0.15) is 40.1 Å². The number of halogens is 3. The van der Waals surface area contributed by atoms with Gasteiger partial charge in [0.15, 0.2) is 11.6 Å². The lowest BCUT2D eigenvalue weighted by Gasteiger charge is -2.10. The molecule has 0 aromatic heterocycles. The Morgan fingerprint density at radius 1 is 1.00 bits per heavy atom. The van der Waals surface area contributed by atoms with E-state index in [1.165, 1.54) is 6.92 Å². The summed E-state index contributed by atoms with van der Waals surface area (Å²) >= 11 is 0. The molecule has 2 nitrogen and oxygen atoms in total. The number of hydrogen-bond donors (Lipinski definition) is 0. The fourth-order valence-electron chi connectivity index (χ4n) is 1.32. The lowest BCUT2D eigenvalue weighted by Crippen LogP contribution is -2.10. The van der Waals surface area contributed by atoms with Gasteiger partial charge in [0.25, 0.3) is 0 Å². The summed E-state index contributed by atoms with van der Waals surface area (Å²) in [5, 5.41) is 0. The van der Waals surface area contributed by atoms with Gasteiger partial charge in [-0.05, 0) is 26.0 Å². The first kappa shape index (κ1) is 12.4. The molecule has 0 fully saturated rings. The van der Waals surface area contributed by atoms with Gasteiger partial charge in [0.1, 0.15) is 0 Å². The van der Waals surface area contributed by atoms with Crippen LogP contribution in [0.25, 0.3) is 0 Å². The summed E-state index contributed by atoms with van der Waals surface area (Å²) < 4.78 is 37.1. The number of hydrogen-bond acceptors (Lipinski definition) is 2. The van der Waals surface area contributed by atoms with Gasteiger partial charge in [0.2, 0.25) is 0 Å². The Morgan fingerprint density at radius 3 is 1.88 bits per heavy atom. The fourth-order valence-corrected chi connectivity index (χ4v) is 1.32. The first-order valence-electron chi connectivity index (χ1n) is 4.46. The highest BCUT2D eigenvalue weighted by atomic mass is 19.4. The molecule has 0 saturated carbocycles. The van der Waals surface area contributed by atoms with Gasteiger partial charge in [0.05, 0.1) is 5.56 Å². The quantitative estimate of drug-likeness (QED) is 0.731. The van der Waals surface area contributed by atoms with Gasteiger partial charge in [0, 0.05) is 11.1 Å². The van der Waals surface area contributed by atoms with Crippen LogP contribution < -0.4 is 0 Å². The zero-order valence-corrected chi connectivity index (χ0v) is 8.68. The van der Waals surface area contributed by atoms with Gasteiger partial charge < -0.3 is 0 Å². The molecule has 0 radical (unpaired) electrons. The first-order chi connectivity index (χ1) is 7.23. The van der Waals surface area contributed by atoms with E-state index < -0.39 is 23.3 Å². The molecule has 5 heteroatoms. The summed E-state index contributed by atoms with van der Waals surface area (Å²) in [6.07, 6.45) is -4.51. The van der Waals surface area contributed by atoms with Crippen molar-refractivity contribution in [3.8, 4) is 0 Å². The van der Waals surface area contributed by atoms with E-state index >= 15 is 0 Å². The Bertz CT molecular complexity index is 447. The van der Waals surface area contributed by atoms with Crippen LogP contribution in [0.2, 0.25) is 0 Å². The average Bonchev–Trinajstić information content (AvgIpc) is 2.15. The maximum Gasteiger partial charge on any atom is 0.416 e. The Kier molecular flexibility index (Phi) is 3.16. The molecule has 1 aromatic carbocycles. The van der Waals surface area contributed by atoms with Crippen molar-refractivity contribution in [1.29, 1.82) is 0 Å². The lowest BCUT2D eigenvalue weighted by atomic mass is 9.98. The Hall–Kier alpha value is -1.65. The van der Waals surface area contributed by atoms with E-state index in [1.54, 1.807) is 0 Å². The molecule has 16 heavy (non-hydrogen) atoms. The third-order valence-corrected chi connectivity index (χ3v) is 2.11. The third kappa shape index (κ3) is 2.48. The maximum atomic E-state index is 12.4. The number of carbonyl (C=O) groups excluding carboxylic acids is 2. The van der Waals surface area contributed by atoms with Crippen LogP contribution >= 0.6 is 0 Å². The number of ketones is 2. The van der Waals surface area contributed by atoms with Crippen molar-refractivity contribution in [1.82, 2.24) is 0 Å². The van der Waals surface area contributed by atoms with Crippen molar-refractivity contribution in [3.63, 3.8) is 0 Å². The molecule has 86 valence electrons. The first-order valence-corrected chi connectivity index (χ1v) is 4.46. The normalized spacial score (nSPS) is 11.3. The number of benzene rings is 1. The molecule has 0 aliphatic heterocycles. The highest BCUT2D eigenvalue weighted by Crippen LogP contribution is 2.30. The molecule has 0 saturated heterocycles. The van der Waals surface area contributed by atoms with Gasteiger partial charge in [-0.3, -0.25) is 9.59 Å². The molecule has 0 bridgehead atoms. The van der Waals surface area contributed by atoms with Crippen LogP contribution in [0.5, 0.6) is 0 Å². The number of carbonyl (C=O) groups is 2. The summed E-state index contributed by atoms with van der Waals surface area (Å²) in [5.41, 5.74) is -1.11. The molecular weight excluding hydrogens is 221 g/mol. The largest absolute Gasteiger partial charge is 0.416 e. The standard InChI is InChI=1S/C11H9F3O2/c1-6(15)9-4-3-8(11(12,13)14)5-10(9)7(2)16/h3-5H,1-2H3. The summed E-state index contributed by atoms with van der Waals surface area (Å²) in [7, 11) is 0. The van der Waals surface area contributed by atoms with Crippen LogP contribution in [-0.2, 0) is 6.18 Å². The molecule has 1 aromatic rings. The average molecular weight is 230 g/mol. The van der Waals surface area contributed by atoms with Gasteiger partial charge >= 0.3 is 6.18 Å². The van der Waals surface area contributed by atoms with Crippen LogP contribution in [0.4, 0.5) is 13.2 Å². The minimum Gasteiger partial charge on any atom is -0.294 e. The maximum absolute atomic E-state index is 12.4. The molecule has 0 amide bonds. The lowest BCUT2D eigenvalue weighted by molar-refractivity contribution is -0.137. The zero-order chi connectivity index (χ0) is 12.5. The van der Waals surface area contributed by atoms with Crippen LogP contribution in [0.15, 0.2) is 18.2 Å². The van der Waals surface area contributed by atoms with Crippen LogP contribution in [0.3, 0.4) is 0 Å². The van der Waals surface area contributed by atoms with Crippen molar-refractivity contribution >= 4 is 11.6 Å². The number of Topliss-reactive ketones (excluding diaryl/α,β-unsaturated/α-hetero) is 2. The van der Waals surface area contributed by atoms with Crippen LogP contribution in [0, 0.1) is 0 Å². The van der Waals surface area contributed by atoms with Gasteiger partial charge in [-0.25, -0.2) is 0 Å². The molecule has 1 rings (SSSR count). The highest BCUT2D eigenvalue weighted by molar-refractivity contribution is 6.07. The molecule has 0 heterocycles. The molecular formula is C11H9F3O2. The Morgan fingerprint density at radius 2 is 1.50 bits per heavy atom. The number of alkyl halides is 3. The van der Waals surface area contributed by atoms with E-state index in [0.717, 1.165) is 19.1 Å². The fraction of sp³-hybridized carbons (Fsp3) is 0.273. The van der Waals surface area contributed by atoms with Crippen molar-refractivity contribution in [2.24, 2.45) is 0 Å². The second kappa shape index (κ2) is 4.08. The van der Waals surface area contributed by atoms with E-state index in [4.69, 9.17) is 0 Å². The van der Waals surface area contributed by atoms with E-state index in [0.29, 0.717) is 6.07 Å². The van der Waals surface area contributed by atoms with Crippen molar-refractivity contribution in [2.45, 2.75) is 20.0 Å². The molecule has 0 atom stereocenters. The topological polar surface area (TPSA) is 34.1 Å². The third-order valence-electron chi connectivity index (χ3n) is 2.11. The molecule has 0 aliphatic carbocycles. The Balaban J connectivity index is 3.40. The summed E-state index contributed by atoms with van der Waals surface area (Å²) in [4.78, 5) is 22.2. The second-order valence-corrected chi connectivity index (χ2v) is 3.37. The van der Waals surface area contributed by atoms with E-state index in [1.807, 2.05) is 0 Å². The van der Waals surface area contributed by atoms with E-state index in [9.17, 15) is 22.8 Å². The summed E-state index contributed by atoms with van der Waals surface area (Å²) in [6, 6.07) is 2.53. The highest BCUT2D eigenvalue weighted by Gasteiger charge is 2.31. The minimum absolute atomic E-state index is 0.0144. The Labute approximate surface area is 90.1 Å². The smallest absolute Gasteiger partial charge is 0.294 e. The molecule has 0 aliphatic rings. The van der Waals surface area contributed by atoms with Crippen molar-refractivity contribution in [2.75, 3.05) is 0 Å². The van der Waals surface area contributed by atoms with Gasteiger partial charge in [-0.2, -0.15) is 13.2 Å². The second-order valence-electron chi connectivity index (χ2n) is 3.37.